The van der Waals surface area contributed by atoms with Crippen LogP contribution in [-0.4, -0.2) is 28.9 Å². The summed E-state index contributed by atoms with van der Waals surface area (Å²) in [6.07, 6.45) is -12.3. The zero-order chi connectivity index (χ0) is 22.0. The van der Waals surface area contributed by atoms with Gasteiger partial charge in [-0.3, -0.25) is 4.98 Å². The molecule has 1 unspecified atom stereocenters. The zero-order valence-electron chi connectivity index (χ0n) is 14.9. The molecule has 3 nitrogen and oxygen atoms in total. The molecular formula is C18H16F8N2O. The van der Waals surface area contributed by atoms with Gasteiger partial charge in [0.25, 0.3) is 0 Å². The fourth-order valence-electron chi connectivity index (χ4n) is 2.72. The summed E-state index contributed by atoms with van der Waals surface area (Å²) < 4.78 is 104. The summed E-state index contributed by atoms with van der Waals surface area (Å²) in [4.78, 5) is 3.76. The number of aromatic nitrogens is 1. The molecule has 0 radical (unpaired) electrons. The Bertz CT molecular complexity index is 835. The van der Waals surface area contributed by atoms with E-state index in [0.29, 0.717) is 6.07 Å². The van der Waals surface area contributed by atoms with Gasteiger partial charge in [0.15, 0.2) is 0 Å². The van der Waals surface area contributed by atoms with E-state index >= 15 is 0 Å². The lowest BCUT2D eigenvalue weighted by Crippen LogP contribution is -2.46. The molecule has 11 heteroatoms. The van der Waals surface area contributed by atoms with Crippen molar-refractivity contribution in [1.29, 1.82) is 0 Å². The van der Waals surface area contributed by atoms with Gasteiger partial charge in [-0.05, 0) is 42.8 Å². The summed E-state index contributed by atoms with van der Waals surface area (Å²) in [5.74, 6) is -2.00. The highest BCUT2D eigenvalue weighted by Crippen LogP contribution is 2.35. The molecule has 2 rings (SSSR count). The van der Waals surface area contributed by atoms with Gasteiger partial charge >= 0.3 is 12.4 Å². The lowest BCUT2D eigenvalue weighted by Gasteiger charge is -2.33. The Morgan fingerprint density at radius 1 is 0.966 bits per heavy atom. The van der Waals surface area contributed by atoms with Crippen molar-refractivity contribution in [1.82, 2.24) is 10.3 Å². The maximum Gasteiger partial charge on any atom is 0.416 e. The predicted octanol–water partition coefficient (Wildman–Crippen LogP) is 4.55. The number of aliphatic hydroxyl groups excluding tert-OH is 1. The van der Waals surface area contributed by atoms with Gasteiger partial charge in [0, 0.05) is 6.54 Å². The molecule has 1 aromatic heterocycles. The van der Waals surface area contributed by atoms with Gasteiger partial charge in [-0.1, -0.05) is 0 Å². The second kappa shape index (κ2) is 8.23. The highest BCUT2D eigenvalue weighted by atomic mass is 19.4. The highest BCUT2D eigenvalue weighted by molar-refractivity contribution is 5.38. The average molecular weight is 428 g/mol. The van der Waals surface area contributed by atoms with Crippen molar-refractivity contribution in [2.24, 2.45) is 0 Å². The number of halogens is 8. The van der Waals surface area contributed by atoms with E-state index in [9.17, 15) is 40.2 Å². The second-order valence-electron chi connectivity index (χ2n) is 6.57. The minimum Gasteiger partial charge on any atom is -0.391 e. The molecule has 0 aliphatic rings. The van der Waals surface area contributed by atoms with E-state index in [1.807, 2.05) is 0 Å². The number of nitrogens with one attached hydrogen (secondary N) is 1. The van der Waals surface area contributed by atoms with Crippen LogP contribution >= 0.6 is 0 Å². The first-order valence-corrected chi connectivity index (χ1v) is 8.21. The van der Waals surface area contributed by atoms with Crippen molar-refractivity contribution < 1.29 is 40.2 Å². The van der Waals surface area contributed by atoms with Crippen molar-refractivity contribution in [2.75, 3.05) is 6.54 Å². The molecule has 0 saturated carbocycles. The van der Waals surface area contributed by atoms with Crippen molar-refractivity contribution in [3.05, 3.63) is 65.0 Å². The van der Waals surface area contributed by atoms with E-state index in [2.05, 4.69) is 10.3 Å². The normalized spacial score (nSPS) is 15.8. The molecule has 0 aliphatic heterocycles. The molecule has 0 saturated heterocycles. The van der Waals surface area contributed by atoms with Crippen LogP contribution < -0.4 is 5.32 Å². The first kappa shape index (κ1) is 23.0. The largest absolute Gasteiger partial charge is 0.416 e. The summed E-state index contributed by atoms with van der Waals surface area (Å²) in [5.41, 5.74) is -3.49. The molecule has 2 atom stereocenters. The Hall–Kier alpha value is -2.27. The predicted molar refractivity (Wildman–Crippen MR) is 86.7 cm³/mol. The number of benzene rings is 1. The number of hydrogen-bond donors (Lipinski definition) is 2. The zero-order valence-corrected chi connectivity index (χ0v) is 14.9. The Balaban J connectivity index is 2.48. The molecule has 160 valence electrons. The molecule has 2 aromatic rings. The van der Waals surface area contributed by atoms with Crippen molar-refractivity contribution in [3.63, 3.8) is 0 Å². The standard InChI is InChI=1S/C18H16F8N2O/c1-16(15-3-2-12(19)8-27-15,28-9-14(29)7-17(21,22)23)10-4-11(18(24,25)26)6-13(20)5-10/h2-6,8,14,28-29H,7,9H2,1H3/t14?,16-/m0/s1. The average Bonchev–Trinajstić information content (AvgIpc) is 2.57. The molecule has 0 amide bonds. The van der Waals surface area contributed by atoms with Gasteiger partial charge in [-0.15, -0.1) is 0 Å². The van der Waals surface area contributed by atoms with Crippen LogP contribution in [0.5, 0.6) is 0 Å². The van der Waals surface area contributed by atoms with Crippen molar-refractivity contribution >= 4 is 0 Å². The summed E-state index contributed by atoms with van der Waals surface area (Å²) in [6, 6.07) is 3.66. The van der Waals surface area contributed by atoms with Crippen LogP contribution in [0.3, 0.4) is 0 Å². The Morgan fingerprint density at radius 2 is 1.59 bits per heavy atom. The van der Waals surface area contributed by atoms with Gasteiger partial charge in [0.05, 0.1) is 35.5 Å². The first-order valence-electron chi connectivity index (χ1n) is 8.21. The third-order valence-corrected chi connectivity index (χ3v) is 4.20. The molecule has 0 spiro atoms. The van der Waals surface area contributed by atoms with Crippen LogP contribution in [0.4, 0.5) is 35.1 Å². The fourth-order valence-corrected chi connectivity index (χ4v) is 2.72. The summed E-state index contributed by atoms with van der Waals surface area (Å²) in [7, 11) is 0. The van der Waals surface area contributed by atoms with E-state index < -0.39 is 54.2 Å². The van der Waals surface area contributed by atoms with Gasteiger partial charge in [0.2, 0.25) is 0 Å². The molecule has 1 heterocycles. The molecule has 0 fully saturated rings. The number of alkyl halides is 6. The topological polar surface area (TPSA) is 45.1 Å². The van der Waals surface area contributed by atoms with Crippen LogP contribution in [0.15, 0.2) is 36.5 Å². The van der Waals surface area contributed by atoms with Crippen molar-refractivity contribution in [3.8, 4) is 0 Å². The second-order valence-corrected chi connectivity index (χ2v) is 6.57. The molecule has 29 heavy (non-hydrogen) atoms. The van der Waals surface area contributed by atoms with Crippen LogP contribution in [0.25, 0.3) is 0 Å². The van der Waals surface area contributed by atoms with Gasteiger partial charge in [-0.25, -0.2) is 8.78 Å². The van der Waals surface area contributed by atoms with E-state index in [1.165, 1.54) is 6.92 Å². The number of nitrogens with zero attached hydrogens (tertiary/aromatic N) is 1. The smallest absolute Gasteiger partial charge is 0.391 e. The summed E-state index contributed by atoms with van der Waals surface area (Å²) >= 11 is 0. The quantitative estimate of drug-likeness (QED) is 0.664. The number of hydrogen-bond acceptors (Lipinski definition) is 3. The Kier molecular flexibility index (Phi) is 6.53. The molecule has 2 N–H and O–H groups in total. The summed E-state index contributed by atoms with van der Waals surface area (Å²) in [5, 5.41) is 12.1. The third kappa shape index (κ3) is 6.10. The van der Waals surface area contributed by atoms with E-state index in [1.54, 1.807) is 0 Å². The van der Waals surface area contributed by atoms with Gasteiger partial charge < -0.3 is 10.4 Å². The SMILES string of the molecule is C[C@](NCC(O)CC(F)(F)F)(c1cc(F)cc(C(F)(F)F)c1)c1ccc(F)cn1. The molecular weight excluding hydrogens is 412 g/mol. The van der Waals surface area contributed by atoms with E-state index in [-0.39, 0.29) is 17.3 Å². The fraction of sp³-hybridized carbons (Fsp3) is 0.389. The number of pyridine rings is 1. The highest BCUT2D eigenvalue weighted by Gasteiger charge is 2.37. The van der Waals surface area contributed by atoms with E-state index in [4.69, 9.17) is 0 Å². The number of aliphatic hydroxyl groups is 1. The molecule has 0 bridgehead atoms. The van der Waals surface area contributed by atoms with E-state index in [0.717, 1.165) is 24.4 Å². The van der Waals surface area contributed by atoms with Crippen molar-refractivity contribution in [2.45, 2.75) is 37.3 Å². The minimum atomic E-state index is -4.89. The first-order chi connectivity index (χ1) is 13.2. The van der Waals surface area contributed by atoms with Gasteiger partial charge in [0.1, 0.15) is 11.6 Å². The lowest BCUT2D eigenvalue weighted by atomic mass is 9.86. The number of rotatable bonds is 6. The molecule has 1 aromatic carbocycles. The van der Waals surface area contributed by atoms with Crippen LogP contribution in [0.2, 0.25) is 0 Å². The monoisotopic (exact) mass is 428 g/mol. The van der Waals surface area contributed by atoms with Crippen LogP contribution in [0.1, 0.15) is 30.2 Å². The van der Waals surface area contributed by atoms with Crippen LogP contribution in [-0.2, 0) is 11.7 Å². The summed E-state index contributed by atoms with van der Waals surface area (Å²) in [6.45, 7) is 0.537. The lowest BCUT2D eigenvalue weighted by molar-refractivity contribution is -0.153. The maximum atomic E-state index is 13.9. The van der Waals surface area contributed by atoms with Crippen LogP contribution in [0, 0.1) is 11.6 Å². The maximum absolute atomic E-state index is 13.9. The minimum absolute atomic E-state index is 0.0863. The Morgan fingerprint density at radius 3 is 2.10 bits per heavy atom. The van der Waals surface area contributed by atoms with Gasteiger partial charge in [-0.2, -0.15) is 26.3 Å². The third-order valence-electron chi connectivity index (χ3n) is 4.20. The Labute approximate surface area is 160 Å². The molecule has 0 aliphatic carbocycles.